The van der Waals surface area contributed by atoms with Crippen LogP contribution in [0.4, 0.5) is 0 Å². The van der Waals surface area contributed by atoms with E-state index in [2.05, 4.69) is 10.1 Å². The second-order valence-electron chi connectivity index (χ2n) is 6.14. The first-order valence-electron chi connectivity index (χ1n) is 7.96. The highest BCUT2D eigenvalue weighted by Crippen LogP contribution is 2.15. The predicted octanol–water partition coefficient (Wildman–Crippen LogP) is 2.66. The summed E-state index contributed by atoms with van der Waals surface area (Å²) in [6, 6.07) is 9.91. The molecule has 3 aromatic rings. The lowest BCUT2D eigenvalue weighted by atomic mass is 10.2. The zero-order valence-corrected chi connectivity index (χ0v) is 15.4. The molecule has 0 spiro atoms. The van der Waals surface area contributed by atoms with Gasteiger partial charge in [-0.15, -0.1) is 11.3 Å². The molecule has 0 saturated heterocycles. The number of aromatic nitrogens is 3. The zero-order chi connectivity index (χ0) is 17.8. The minimum absolute atomic E-state index is 0.0580. The van der Waals surface area contributed by atoms with E-state index in [9.17, 15) is 4.79 Å². The molecule has 0 radical (unpaired) electrons. The van der Waals surface area contributed by atoms with Gasteiger partial charge in [-0.2, -0.15) is 5.10 Å². The maximum absolute atomic E-state index is 12.5. The van der Waals surface area contributed by atoms with Gasteiger partial charge in [0.1, 0.15) is 10.7 Å². The Balaban J connectivity index is 1.64. The SMILES string of the molecule is CN(C)Cc1nc(C(=O)N(C)Cc2ccc(-n3cccn3)cc2)cs1. The molecule has 6 nitrogen and oxygen atoms in total. The molecule has 130 valence electrons. The molecular weight excluding hydrogens is 334 g/mol. The Bertz CT molecular complexity index is 824. The fraction of sp³-hybridized carbons (Fsp3) is 0.278. The van der Waals surface area contributed by atoms with E-state index in [0.717, 1.165) is 22.8 Å². The van der Waals surface area contributed by atoms with Crippen LogP contribution in [-0.2, 0) is 13.1 Å². The molecule has 2 aromatic heterocycles. The number of amides is 1. The van der Waals surface area contributed by atoms with E-state index in [1.54, 1.807) is 22.8 Å². The van der Waals surface area contributed by atoms with Crippen LogP contribution in [0.5, 0.6) is 0 Å². The number of thiazole rings is 1. The van der Waals surface area contributed by atoms with E-state index in [1.807, 2.05) is 60.9 Å². The Labute approximate surface area is 151 Å². The highest BCUT2D eigenvalue weighted by atomic mass is 32.1. The number of benzene rings is 1. The van der Waals surface area contributed by atoms with Crippen molar-refractivity contribution in [3.63, 3.8) is 0 Å². The van der Waals surface area contributed by atoms with Crippen LogP contribution in [0.2, 0.25) is 0 Å². The van der Waals surface area contributed by atoms with Crippen LogP contribution in [0.1, 0.15) is 21.1 Å². The summed E-state index contributed by atoms with van der Waals surface area (Å²) in [5.41, 5.74) is 2.57. The van der Waals surface area contributed by atoms with Gasteiger partial charge in [0, 0.05) is 37.9 Å². The molecule has 0 aliphatic carbocycles. The van der Waals surface area contributed by atoms with Gasteiger partial charge >= 0.3 is 0 Å². The van der Waals surface area contributed by atoms with Crippen molar-refractivity contribution >= 4 is 17.2 Å². The average molecular weight is 355 g/mol. The third-order valence-electron chi connectivity index (χ3n) is 3.69. The van der Waals surface area contributed by atoms with Gasteiger partial charge in [0.05, 0.1) is 5.69 Å². The highest BCUT2D eigenvalue weighted by molar-refractivity contribution is 7.09. The molecule has 0 atom stereocenters. The van der Waals surface area contributed by atoms with E-state index >= 15 is 0 Å². The van der Waals surface area contributed by atoms with Crippen LogP contribution in [0, 0.1) is 0 Å². The number of hydrogen-bond donors (Lipinski definition) is 0. The fourth-order valence-corrected chi connectivity index (χ4v) is 3.35. The molecule has 3 rings (SSSR count). The lowest BCUT2D eigenvalue weighted by molar-refractivity contribution is 0.0780. The summed E-state index contributed by atoms with van der Waals surface area (Å²) in [5.74, 6) is -0.0580. The lowest BCUT2D eigenvalue weighted by Gasteiger charge is -2.16. The Morgan fingerprint density at radius 3 is 2.56 bits per heavy atom. The highest BCUT2D eigenvalue weighted by Gasteiger charge is 2.16. The maximum atomic E-state index is 12.5. The van der Waals surface area contributed by atoms with E-state index < -0.39 is 0 Å². The van der Waals surface area contributed by atoms with Crippen molar-refractivity contribution in [2.24, 2.45) is 0 Å². The summed E-state index contributed by atoms with van der Waals surface area (Å²) >= 11 is 1.52. The van der Waals surface area contributed by atoms with Crippen LogP contribution >= 0.6 is 11.3 Å². The Hall–Kier alpha value is -2.51. The molecule has 1 aromatic carbocycles. The Kier molecular flexibility index (Phi) is 5.25. The number of hydrogen-bond acceptors (Lipinski definition) is 5. The van der Waals surface area contributed by atoms with E-state index in [1.165, 1.54) is 11.3 Å². The normalized spacial score (nSPS) is 11.0. The second kappa shape index (κ2) is 7.58. The Morgan fingerprint density at radius 1 is 1.16 bits per heavy atom. The zero-order valence-electron chi connectivity index (χ0n) is 14.6. The van der Waals surface area contributed by atoms with Crippen LogP contribution in [0.25, 0.3) is 5.69 Å². The smallest absolute Gasteiger partial charge is 0.273 e. The number of rotatable bonds is 6. The van der Waals surface area contributed by atoms with Crippen molar-refractivity contribution in [3.05, 3.63) is 64.4 Å². The molecule has 7 heteroatoms. The van der Waals surface area contributed by atoms with Crippen LogP contribution < -0.4 is 0 Å². The molecule has 1 amide bonds. The second-order valence-corrected chi connectivity index (χ2v) is 7.09. The van der Waals surface area contributed by atoms with Crippen molar-refractivity contribution < 1.29 is 4.79 Å². The fourth-order valence-electron chi connectivity index (χ4n) is 2.47. The summed E-state index contributed by atoms with van der Waals surface area (Å²) < 4.78 is 1.81. The van der Waals surface area contributed by atoms with Crippen LogP contribution in [0.15, 0.2) is 48.1 Å². The summed E-state index contributed by atoms with van der Waals surface area (Å²) in [4.78, 5) is 20.7. The molecule has 0 unspecified atom stereocenters. The summed E-state index contributed by atoms with van der Waals surface area (Å²) in [6.45, 7) is 1.29. The summed E-state index contributed by atoms with van der Waals surface area (Å²) in [6.07, 6.45) is 3.65. The maximum Gasteiger partial charge on any atom is 0.273 e. The third-order valence-corrected chi connectivity index (χ3v) is 4.53. The number of carbonyl (C=O) groups is 1. The first-order valence-corrected chi connectivity index (χ1v) is 8.84. The van der Waals surface area contributed by atoms with Gasteiger partial charge in [0.25, 0.3) is 5.91 Å². The van der Waals surface area contributed by atoms with Crippen molar-refractivity contribution in [3.8, 4) is 5.69 Å². The molecule has 0 bridgehead atoms. The lowest BCUT2D eigenvalue weighted by Crippen LogP contribution is -2.26. The topological polar surface area (TPSA) is 54.3 Å². The van der Waals surface area contributed by atoms with Crippen molar-refractivity contribution in [1.82, 2.24) is 24.6 Å². The predicted molar refractivity (Wildman–Crippen MR) is 98.9 cm³/mol. The first-order chi connectivity index (χ1) is 12.0. The largest absolute Gasteiger partial charge is 0.336 e. The van der Waals surface area contributed by atoms with Crippen molar-refractivity contribution in [2.45, 2.75) is 13.1 Å². The molecule has 0 aliphatic heterocycles. The minimum Gasteiger partial charge on any atom is -0.336 e. The van der Waals surface area contributed by atoms with Crippen LogP contribution in [0.3, 0.4) is 0 Å². The Morgan fingerprint density at radius 2 is 1.92 bits per heavy atom. The molecule has 0 saturated carbocycles. The first kappa shape index (κ1) is 17.3. The minimum atomic E-state index is -0.0580. The molecule has 25 heavy (non-hydrogen) atoms. The van der Waals surface area contributed by atoms with Crippen molar-refractivity contribution in [1.29, 1.82) is 0 Å². The van der Waals surface area contributed by atoms with Gasteiger partial charge in [-0.25, -0.2) is 9.67 Å². The number of carbonyl (C=O) groups excluding carboxylic acids is 1. The quantitative estimate of drug-likeness (QED) is 0.682. The number of nitrogens with zero attached hydrogens (tertiary/aromatic N) is 5. The molecule has 2 heterocycles. The molecular formula is C18H21N5OS. The molecule has 0 N–H and O–H groups in total. The van der Waals surface area contributed by atoms with Gasteiger partial charge in [-0.3, -0.25) is 4.79 Å². The average Bonchev–Trinajstić information content (AvgIpc) is 3.26. The standard InChI is InChI=1S/C18H21N5OS/c1-21(2)12-17-20-16(13-25-17)18(24)22(3)11-14-5-7-15(8-6-14)23-10-4-9-19-23/h4-10,13H,11-12H2,1-3H3. The molecule has 0 aliphatic rings. The van der Waals surface area contributed by atoms with E-state index in [0.29, 0.717) is 12.2 Å². The van der Waals surface area contributed by atoms with Gasteiger partial charge in [-0.05, 0) is 37.9 Å². The molecule has 0 fully saturated rings. The summed E-state index contributed by atoms with van der Waals surface area (Å²) in [7, 11) is 5.78. The monoisotopic (exact) mass is 355 g/mol. The van der Waals surface area contributed by atoms with Crippen LogP contribution in [-0.4, -0.2) is 51.6 Å². The van der Waals surface area contributed by atoms with Gasteiger partial charge < -0.3 is 9.80 Å². The van der Waals surface area contributed by atoms with Crippen molar-refractivity contribution in [2.75, 3.05) is 21.1 Å². The van der Waals surface area contributed by atoms with Gasteiger partial charge in [-0.1, -0.05) is 12.1 Å². The van der Waals surface area contributed by atoms with E-state index in [4.69, 9.17) is 0 Å². The van der Waals surface area contributed by atoms with E-state index in [-0.39, 0.29) is 5.91 Å². The van der Waals surface area contributed by atoms with Gasteiger partial charge in [0.2, 0.25) is 0 Å². The summed E-state index contributed by atoms with van der Waals surface area (Å²) in [5, 5.41) is 6.99. The third kappa shape index (κ3) is 4.32. The van der Waals surface area contributed by atoms with Gasteiger partial charge in [0.15, 0.2) is 0 Å².